The number of furan rings is 1. The van der Waals surface area contributed by atoms with Crippen LogP contribution < -0.4 is 0 Å². The van der Waals surface area contributed by atoms with Crippen molar-refractivity contribution in [3.8, 4) is 11.4 Å². The topological polar surface area (TPSA) is 23.0 Å². The lowest BCUT2D eigenvalue weighted by atomic mass is 10.1. The molecular formula is C40H24N2O. The van der Waals surface area contributed by atoms with E-state index in [2.05, 4.69) is 155 Å². The second-order valence-electron chi connectivity index (χ2n) is 11.4. The van der Waals surface area contributed by atoms with Crippen LogP contribution in [0.4, 0.5) is 0 Å². The average Bonchev–Trinajstić information content (AvgIpc) is 3.70. The van der Waals surface area contributed by atoms with Crippen LogP contribution in [0.1, 0.15) is 0 Å². The molecule has 3 heterocycles. The fraction of sp³-hybridized carbons (Fsp3) is 0. The van der Waals surface area contributed by atoms with Gasteiger partial charge in [-0.2, -0.15) is 0 Å². The summed E-state index contributed by atoms with van der Waals surface area (Å²) in [5, 5.41) is 9.71. The molecule has 3 aromatic heterocycles. The molecule has 0 amide bonds. The molecule has 0 saturated heterocycles. The van der Waals surface area contributed by atoms with E-state index in [-0.39, 0.29) is 0 Å². The minimum Gasteiger partial charge on any atom is -0.456 e. The van der Waals surface area contributed by atoms with Crippen LogP contribution in [-0.2, 0) is 0 Å². The first-order valence-corrected chi connectivity index (χ1v) is 14.7. The van der Waals surface area contributed by atoms with Gasteiger partial charge in [0.15, 0.2) is 0 Å². The average molecular weight is 549 g/mol. The zero-order valence-corrected chi connectivity index (χ0v) is 23.2. The lowest BCUT2D eigenvalue weighted by Crippen LogP contribution is -1.95. The normalized spacial score (nSPS) is 12.2. The SMILES string of the molecule is c1ccc(-n2c3ccccc3c3ccc4c(c5ccccc5n4-c4ccc5c(c4)oc4cc6ccccc6cc45)c32)cc1. The molecule has 10 rings (SSSR count). The smallest absolute Gasteiger partial charge is 0.137 e. The molecule has 7 aromatic carbocycles. The molecule has 0 aliphatic heterocycles. The number of para-hydroxylation sites is 3. The number of nitrogens with zero attached hydrogens (tertiary/aromatic N) is 2. The maximum absolute atomic E-state index is 6.49. The molecule has 0 aliphatic rings. The molecule has 0 N–H and O–H groups in total. The number of aromatic nitrogens is 2. The Morgan fingerprint density at radius 1 is 0.372 bits per heavy atom. The Labute approximate surface area is 246 Å². The number of hydrogen-bond donors (Lipinski definition) is 0. The Morgan fingerprint density at radius 2 is 1.02 bits per heavy atom. The van der Waals surface area contributed by atoms with E-state index in [0.29, 0.717) is 0 Å². The molecule has 0 radical (unpaired) electrons. The molecule has 3 nitrogen and oxygen atoms in total. The predicted molar refractivity (Wildman–Crippen MR) is 180 cm³/mol. The third kappa shape index (κ3) is 3.08. The highest BCUT2D eigenvalue weighted by atomic mass is 16.3. The number of rotatable bonds is 2. The van der Waals surface area contributed by atoms with Crippen LogP contribution in [0.25, 0.3) is 87.7 Å². The van der Waals surface area contributed by atoms with Crippen molar-refractivity contribution in [3.63, 3.8) is 0 Å². The standard InChI is InChI=1S/C40H24N2O/c1-2-12-27(13-3-1)42-34-16-8-6-14-29(34)31-20-21-36-39(40(31)42)32-15-7-9-17-35(32)41(36)28-18-19-30-33-22-25-10-4-5-11-26(25)23-37(33)43-38(30)24-28/h1-24H. The van der Waals surface area contributed by atoms with Gasteiger partial charge in [-0.1, -0.05) is 84.9 Å². The van der Waals surface area contributed by atoms with Gasteiger partial charge >= 0.3 is 0 Å². The Hall–Kier alpha value is -5.80. The van der Waals surface area contributed by atoms with Crippen LogP contribution in [0.3, 0.4) is 0 Å². The molecule has 0 unspecified atom stereocenters. The second-order valence-corrected chi connectivity index (χ2v) is 11.4. The predicted octanol–water partition coefficient (Wildman–Crippen LogP) is 10.9. The number of benzene rings is 7. The zero-order chi connectivity index (χ0) is 28.1. The molecule has 0 saturated carbocycles. The summed E-state index contributed by atoms with van der Waals surface area (Å²) in [6.45, 7) is 0. The van der Waals surface area contributed by atoms with E-state index in [1.807, 2.05) is 0 Å². The van der Waals surface area contributed by atoms with Crippen molar-refractivity contribution in [3.05, 3.63) is 146 Å². The van der Waals surface area contributed by atoms with Crippen LogP contribution in [0, 0.1) is 0 Å². The fourth-order valence-corrected chi connectivity index (χ4v) is 7.22. The number of hydrogen-bond acceptors (Lipinski definition) is 1. The highest BCUT2D eigenvalue weighted by Crippen LogP contribution is 2.42. The third-order valence-electron chi connectivity index (χ3n) is 9.07. The largest absolute Gasteiger partial charge is 0.456 e. The summed E-state index contributed by atoms with van der Waals surface area (Å²) >= 11 is 0. The molecule has 0 fully saturated rings. The molecular weight excluding hydrogens is 524 g/mol. The first-order valence-electron chi connectivity index (χ1n) is 14.7. The maximum atomic E-state index is 6.49. The van der Waals surface area contributed by atoms with Gasteiger partial charge in [0, 0.05) is 49.8 Å². The van der Waals surface area contributed by atoms with Gasteiger partial charge in [-0.05, 0) is 65.4 Å². The molecule has 0 spiro atoms. The summed E-state index contributed by atoms with van der Waals surface area (Å²) in [6, 6.07) is 52.3. The van der Waals surface area contributed by atoms with E-state index in [9.17, 15) is 0 Å². The van der Waals surface area contributed by atoms with Gasteiger partial charge in [-0.3, -0.25) is 0 Å². The van der Waals surface area contributed by atoms with Crippen LogP contribution >= 0.6 is 0 Å². The highest BCUT2D eigenvalue weighted by Gasteiger charge is 2.21. The Kier molecular flexibility index (Phi) is 4.45. The van der Waals surface area contributed by atoms with Crippen molar-refractivity contribution in [2.24, 2.45) is 0 Å². The summed E-state index contributed by atoms with van der Waals surface area (Å²) < 4.78 is 11.3. The highest BCUT2D eigenvalue weighted by molar-refractivity contribution is 6.26. The summed E-state index contributed by atoms with van der Waals surface area (Å²) in [7, 11) is 0. The summed E-state index contributed by atoms with van der Waals surface area (Å²) in [5.41, 5.74) is 8.86. The molecule has 0 bridgehead atoms. The van der Waals surface area contributed by atoms with Crippen LogP contribution in [0.5, 0.6) is 0 Å². The van der Waals surface area contributed by atoms with E-state index in [4.69, 9.17) is 4.42 Å². The summed E-state index contributed by atoms with van der Waals surface area (Å²) in [5.74, 6) is 0. The fourth-order valence-electron chi connectivity index (χ4n) is 7.22. The van der Waals surface area contributed by atoms with Crippen LogP contribution in [-0.4, -0.2) is 9.13 Å². The van der Waals surface area contributed by atoms with Crippen molar-refractivity contribution < 1.29 is 4.42 Å². The Bertz CT molecular complexity index is 2720. The molecule has 200 valence electrons. The van der Waals surface area contributed by atoms with E-state index in [0.717, 1.165) is 33.3 Å². The summed E-state index contributed by atoms with van der Waals surface area (Å²) in [4.78, 5) is 0. The van der Waals surface area contributed by atoms with Crippen molar-refractivity contribution in [2.75, 3.05) is 0 Å². The lowest BCUT2D eigenvalue weighted by Gasteiger charge is -2.10. The third-order valence-corrected chi connectivity index (χ3v) is 9.07. The quantitative estimate of drug-likeness (QED) is 0.211. The van der Waals surface area contributed by atoms with Crippen molar-refractivity contribution >= 4 is 76.3 Å². The lowest BCUT2D eigenvalue weighted by molar-refractivity contribution is 0.669. The first kappa shape index (κ1) is 22.8. The van der Waals surface area contributed by atoms with Gasteiger partial charge in [0.2, 0.25) is 0 Å². The monoisotopic (exact) mass is 548 g/mol. The first-order chi connectivity index (χ1) is 21.3. The van der Waals surface area contributed by atoms with Crippen molar-refractivity contribution in [2.45, 2.75) is 0 Å². The minimum atomic E-state index is 0.896. The molecule has 10 aromatic rings. The second kappa shape index (κ2) is 8.37. The Balaban J connectivity index is 1.32. The van der Waals surface area contributed by atoms with Gasteiger partial charge in [-0.25, -0.2) is 0 Å². The van der Waals surface area contributed by atoms with Gasteiger partial charge in [0.25, 0.3) is 0 Å². The molecule has 3 heteroatoms. The van der Waals surface area contributed by atoms with Gasteiger partial charge in [0.05, 0.1) is 22.1 Å². The van der Waals surface area contributed by atoms with E-state index in [1.54, 1.807) is 0 Å². The van der Waals surface area contributed by atoms with E-state index < -0.39 is 0 Å². The molecule has 0 aliphatic carbocycles. The Morgan fingerprint density at radius 3 is 1.86 bits per heavy atom. The van der Waals surface area contributed by atoms with Crippen LogP contribution in [0.15, 0.2) is 150 Å². The minimum absolute atomic E-state index is 0.896. The van der Waals surface area contributed by atoms with Crippen LogP contribution in [0.2, 0.25) is 0 Å². The van der Waals surface area contributed by atoms with Gasteiger partial charge < -0.3 is 13.6 Å². The van der Waals surface area contributed by atoms with Gasteiger partial charge in [-0.15, -0.1) is 0 Å². The van der Waals surface area contributed by atoms with Gasteiger partial charge in [0.1, 0.15) is 11.2 Å². The van der Waals surface area contributed by atoms with E-state index >= 15 is 0 Å². The molecule has 43 heavy (non-hydrogen) atoms. The van der Waals surface area contributed by atoms with Crippen molar-refractivity contribution in [1.29, 1.82) is 0 Å². The number of fused-ring (bicyclic) bond motifs is 11. The zero-order valence-electron chi connectivity index (χ0n) is 23.2. The maximum Gasteiger partial charge on any atom is 0.137 e. The summed E-state index contributed by atoms with van der Waals surface area (Å²) in [6.07, 6.45) is 0. The van der Waals surface area contributed by atoms with Crippen molar-refractivity contribution in [1.82, 2.24) is 9.13 Å². The van der Waals surface area contributed by atoms with E-state index in [1.165, 1.54) is 54.4 Å². The molecule has 0 atom stereocenters.